The van der Waals surface area contributed by atoms with Crippen molar-refractivity contribution in [3.8, 4) is 0 Å². The van der Waals surface area contributed by atoms with Gasteiger partial charge in [-0.25, -0.2) is 0 Å². The lowest BCUT2D eigenvalue weighted by atomic mass is 10.0. The molecular formula is C19H23NO. The van der Waals surface area contributed by atoms with E-state index >= 15 is 0 Å². The van der Waals surface area contributed by atoms with Crippen molar-refractivity contribution in [1.29, 1.82) is 0 Å². The van der Waals surface area contributed by atoms with Gasteiger partial charge in [0.1, 0.15) is 5.71 Å². The van der Waals surface area contributed by atoms with Crippen molar-refractivity contribution < 1.29 is 5.21 Å². The minimum atomic E-state index is 0.594. The Morgan fingerprint density at radius 2 is 0.952 bits per heavy atom. The molecule has 0 aliphatic heterocycles. The third-order valence-electron chi connectivity index (χ3n) is 3.69. The molecule has 21 heavy (non-hydrogen) atoms. The summed E-state index contributed by atoms with van der Waals surface area (Å²) in [5, 5.41) is 12.4. The Morgan fingerprint density at radius 3 is 1.24 bits per heavy atom. The summed E-state index contributed by atoms with van der Waals surface area (Å²) in [4.78, 5) is 0. The van der Waals surface area contributed by atoms with Crippen LogP contribution in [0.15, 0.2) is 65.8 Å². The molecule has 1 N–H and O–H groups in total. The fourth-order valence-electron chi connectivity index (χ4n) is 2.53. The zero-order chi connectivity index (χ0) is 14.8. The van der Waals surface area contributed by atoms with Gasteiger partial charge in [0.05, 0.1) is 0 Å². The number of oxime groups is 1. The molecule has 2 nitrogen and oxygen atoms in total. The van der Waals surface area contributed by atoms with Crippen LogP contribution in [0.3, 0.4) is 0 Å². The van der Waals surface area contributed by atoms with E-state index in [4.69, 9.17) is 5.21 Å². The fraction of sp³-hybridized carbons (Fsp3) is 0.316. The van der Waals surface area contributed by atoms with Crippen LogP contribution in [0.4, 0.5) is 0 Å². The molecule has 0 radical (unpaired) electrons. The van der Waals surface area contributed by atoms with Crippen LogP contribution in [0.2, 0.25) is 0 Å². The molecule has 1 aliphatic carbocycles. The van der Waals surface area contributed by atoms with Crippen LogP contribution in [-0.4, -0.2) is 10.9 Å². The molecule has 110 valence electrons. The lowest BCUT2D eigenvalue weighted by Gasteiger charge is -2.05. The summed E-state index contributed by atoms with van der Waals surface area (Å²) in [7, 11) is 0. The molecule has 2 heteroatoms. The van der Waals surface area contributed by atoms with Crippen molar-refractivity contribution in [3.05, 3.63) is 71.8 Å². The second-order valence-corrected chi connectivity index (χ2v) is 5.30. The Morgan fingerprint density at radius 1 is 0.619 bits per heavy atom. The molecular weight excluding hydrogens is 258 g/mol. The molecule has 2 aromatic carbocycles. The van der Waals surface area contributed by atoms with E-state index in [1.807, 2.05) is 60.7 Å². The molecule has 0 bridgehead atoms. The molecule has 3 rings (SSSR count). The topological polar surface area (TPSA) is 32.6 Å². The predicted molar refractivity (Wildman–Crippen MR) is 88.0 cm³/mol. The van der Waals surface area contributed by atoms with E-state index in [-0.39, 0.29) is 0 Å². The molecule has 0 unspecified atom stereocenters. The highest BCUT2D eigenvalue weighted by atomic mass is 16.4. The number of hydrogen-bond donors (Lipinski definition) is 1. The van der Waals surface area contributed by atoms with Gasteiger partial charge < -0.3 is 5.21 Å². The highest BCUT2D eigenvalue weighted by Crippen LogP contribution is 2.15. The van der Waals surface area contributed by atoms with Crippen molar-refractivity contribution in [2.45, 2.75) is 38.5 Å². The van der Waals surface area contributed by atoms with E-state index in [1.165, 1.54) is 38.5 Å². The quantitative estimate of drug-likeness (QED) is 0.455. The Labute approximate surface area is 127 Å². The zero-order valence-electron chi connectivity index (χ0n) is 12.4. The molecule has 0 amide bonds. The monoisotopic (exact) mass is 281 g/mol. The van der Waals surface area contributed by atoms with E-state index in [0.29, 0.717) is 5.71 Å². The van der Waals surface area contributed by atoms with E-state index in [1.54, 1.807) is 0 Å². The molecule has 0 aromatic heterocycles. The molecule has 0 heterocycles. The first-order chi connectivity index (χ1) is 10.4. The zero-order valence-corrected chi connectivity index (χ0v) is 12.4. The third kappa shape index (κ3) is 5.07. The number of nitrogens with zero attached hydrogens (tertiary/aromatic N) is 1. The minimum Gasteiger partial charge on any atom is -0.410 e. The van der Waals surface area contributed by atoms with Gasteiger partial charge in [0.15, 0.2) is 0 Å². The van der Waals surface area contributed by atoms with E-state index in [9.17, 15) is 0 Å². The fourth-order valence-corrected chi connectivity index (χ4v) is 2.53. The third-order valence-corrected chi connectivity index (χ3v) is 3.69. The first-order valence-electron chi connectivity index (χ1n) is 7.74. The maximum atomic E-state index is 9.02. The average Bonchev–Trinajstić information content (AvgIpc) is 2.60. The maximum absolute atomic E-state index is 9.02. The number of hydrogen-bond acceptors (Lipinski definition) is 2. The smallest absolute Gasteiger partial charge is 0.117 e. The highest BCUT2D eigenvalue weighted by molar-refractivity contribution is 6.12. The van der Waals surface area contributed by atoms with Crippen LogP contribution >= 0.6 is 0 Å². The van der Waals surface area contributed by atoms with E-state index < -0.39 is 0 Å². The van der Waals surface area contributed by atoms with Gasteiger partial charge in [-0.2, -0.15) is 0 Å². The van der Waals surface area contributed by atoms with Crippen molar-refractivity contribution >= 4 is 5.71 Å². The van der Waals surface area contributed by atoms with Crippen LogP contribution < -0.4 is 0 Å². The lowest BCUT2D eigenvalue weighted by Crippen LogP contribution is -2.02. The van der Waals surface area contributed by atoms with Crippen molar-refractivity contribution in [1.82, 2.24) is 0 Å². The van der Waals surface area contributed by atoms with E-state index in [2.05, 4.69) is 5.16 Å². The summed E-state index contributed by atoms with van der Waals surface area (Å²) >= 11 is 0. The minimum absolute atomic E-state index is 0.594. The van der Waals surface area contributed by atoms with Crippen LogP contribution in [-0.2, 0) is 0 Å². The normalized spacial score (nSPS) is 13.7. The summed E-state index contributed by atoms with van der Waals surface area (Å²) in [5.74, 6) is 0. The van der Waals surface area contributed by atoms with Crippen LogP contribution in [0.25, 0.3) is 0 Å². The molecule has 0 spiro atoms. The van der Waals surface area contributed by atoms with Gasteiger partial charge in [-0.15, -0.1) is 0 Å². The molecule has 0 saturated heterocycles. The van der Waals surface area contributed by atoms with Crippen molar-refractivity contribution in [2.75, 3.05) is 0 Å². The van der Waals surface area contributed by atoms with Crippen LogP contribution in [0, 0.1) is 0 Å². The van der Waals surface area contributed by atoms with Gasteiger partial charge in [-0.05, 0) is 0 Å². The van der Waals surface area contributed by atoms with Crippen molar-refractivity contribution in [2.24, 2.45) is 5.16 Å². The van der Waals surface area contributed by atoms with Gasteiger partial charge in [0.25, 0.3) is 0 Å². The van der Waals surface area contributed by atoms with Gasteiger partial charge >= 0.3 is 0 Å². The Hall–Kier alpha value is -2.09. The number of rotatable bonds is 2. The predicted octanol–water partition coefficient (Wildman–Crippen LogP) is 5.25. The number of benzene rings is 2. The molecule has 1 aliphatic rings. The molecule has 1 saturated carbocycles. The highest BCUT2D eigenvalue weighted by Gasteiger charge is 2.05. The first-order valence-corrected chi connectivity index (χ1v) is 7.74. The van der Waals surface area contributed by atoms with Gasteiger partial charge in [0.2, 0.25) is 0 Å². The second kappa shape index (κ2) is 8.96. The maximum Gasteiger partial charge on any atom is 0.117 e. The summed E-state index contributed by atoms with van der Waals surface area (Å²) in [6, 6.07) is 19.2. The summed E-state index contributed by atoms with van der Waals surface area (Å²) in [5.41, 5.74) is 2.41. The van der Waals surface area contributed by atoms with Gasteiger partial charge in [-0.3, -0.25) is 0 Å². The van der Waals surface area contributed by atoms with Gasteiger partial charge in [-0.1, -0.05) is 104 Å². The summed E-state index contributed by atoms with van der Waals surface area (Å²) in [6.45, 7) is 0. The summed E-state index contributed by atoms with van der Waals surface area (Å²) in [6.07, 6.45) is 9.00. The largest absolute Gasteiger partial charge is 0.410 e. The Bertz CT molecular complexity index is 477. The van der Waals surface area contributed by atoms with Crippen LogP contribution in [0.1, 0.15) is 49.7 Å². The Kier molecular flexibility index (Phi) is 6.53. The van der Waals surface area contributed by atoms with Crippen molar-refractivity contribution in [3.63, 3.8) is 0 Å². The SMILES string of the molecule is C1CCCCC1.ON=C(c1ccccc1)c1ccccc1. The summed E-state index contributed by atoms with van der Waals surface area (Å²) < 4.78 is 0. The first kappa shape index (κ1) is 15.3. The van der Waals surface area contributed by atoms with Gasteiger partial charge in [0, 0.05) is 11.1 Å². The van der Waals surface area contributed by atoms with E-state index in [0.717, 1.165) is 11.1 Å². The molecule has 1 fully saturated rings. The second-order valence-electron chi connectivity index (χ2n) is 5.30. The Balaban J connectivity index is 0.000000225. The molecule has 2 aromatic rings. The average molecular weight is 281 g/mol. The standard InChI is InChI=1S/C13H11NO.C6H12/c15-14-13(11-7-3-1-4-8-11)12-9-5-2-6-10-12;1-2-4-6-5-3-1/h1-10,15H;1-6H2. The van der Waals surface area contributed by atoms with Crippen LogP contribution in [0.5, 0.6) is 0 Å². The molecule has 0 atom stereocenters. The lowest BCUT2D eigenvalue weighted by molar-refractivity contribution is 0.319.